The summed E-state index contributed by atoms with van der Waals surface area (Å²) in [5.41, 5.74) is 11.6. The van der Waals surface area contributed by atoms with Crippen molar-refractivity contribution in [2.75, 3.05) is 0 Å². The van der Waals surface area contributed by atoms with E-state index in [9.17, 15) is 0 Å². The molecule has 0 atom stereocenters. The van der Waals surface area contributed by atoms with E-state index in [1.165, 1.54) is 0 Å². The Bertz CT molecular complexity index is 2790. The lowest BCUT2D eigenvalue weighted by Gasteiger charge is -2.33. The summed E-state index contributed by atoms with van der Waals surface area (Å²) in [6, 6.07) is 51.6. The fourth-order valence-corrected chi connectivity index (χ4v) is 7.67. The largest absolute Gasteiger partial charge is 0.458 e. The van der Waals surface area contributed by atoms with Gasteiger partial charge in [-0.3, -0.25) is 0 Å². The van der Waals surface area contributed by atoms with Crippen LogP contribution < -0.4 is 25.9 Å². The lowest BCUT2D eigenvalue weighted by atomic mass is 9.35. The smallest absolute Gasteiger partial charge is 0.260 e. The average Bonchev–Trinajstić information content (AvgIpc) is 3.16. The molecule has 230 valence electrons. The van der Waals surface area contributed by atoms with Crippen LogP contribution in [0.25, 0.3) is 55.8 Å². The van der Waals surface area contributed by atoms with Gasteiger partial charge in [-0.05, 0) is 71.6 Å². The van der Waals surface area contributed by atoms with Crippen LogP contribution in [0.5, 0.6) is 23.0 Å². The number of benzene rings is 7. The minimum atomic E-state index is 0.00247. The van der Waals surface area contributed by atoms with Crippen LogP contribution in [0.2, 0.25) is 0 Å². The Hall–Kier alpha value is -6.60. The zero-order valence-corrected chi connectivity index (χ0v) is 26.0. The molecule has 9 aromatic rings. The van der Waals surface area contributed by atoms with Gasteiger partial charge in [0.2, 0.25) is 0 Å². The third-order valence-corrected chi connectivity index (χ3v) is 9.74. The second-order valence-corrected chi connectivity index (χ2v) is 12.5. The van der Waals surface area contributed by atoms with E-state index in [-0.39, 0.29) is 6.71 Å². The molecule has 4 heterocycles. The van der Waals surface area contributed by atoms with E-state index < -0.39 is 0 Å². The number of fused-ring (bicyclic) bond motifs is 9. The van der Waals surface area contributed by atoms with Crippen LogP contribution in [0.3, 0.4) is 0 Å². The second kappa shape index (κ2) is 9.95. The summed E-state index contributed by atoms with van der Waals surface area (Å²) in [6.07, 6.45) is 0. The predicted octanol–water partition coefficient (Wildman–Crippen LogP) is 8.92. The van der Waals surface area contributed by atoms with Crippen molar-refractivity contribution < 1.29 is 18.3 Å². The van der Waals surface area contributed by atoms with Crippen molar-refractivity contribution in [2.45, 2.75) is 0 Å². The number of ether oxygens (including phenoxy) is 2. The number of hydrogen-bond acceptors (Lipinski definition) is 4. The first-order valence-corrected chi connectivity index (χ1v) is 16.4. The van der Waals surface area contributed by atoms with Gasteiger partial charge in [-0.1, -0.05) is 78.9 Å². The maximum absolute atomic E-state index is 6.76. The highest BCUT2D eigenvalue weighted by Crippen LogP contribution is 2.40. The van der Waals surface area contributed by atoms with Crippen LogP contribution in [0.1, 0.15) is 0 Å². The van der Waals surface area contributed by atoms with Crippen LogP contribution in [0.4, 0.5) is 0 Å². The molecule has 49 heavy (non-hydrogen) atoms. The van der Waals surface area contributed by atoms with Gasteiger partial charge in [-0.15, -0.1) is 0 Å². The Morgan fingerprint density at radius 1 is 0.388 bits per heavy atom. The topological polar surface area (TPSA) is 54.6 Å². The van der Waals surface area contributed by atoms with Gasteiger partial charge < -0.3 is 27.4 Å². The molecule has 2 aliphatic heterocycles. The SMILES string of the molecule is c1ccc(-n2c3ccccc3oc3c4oc5ccccc5n(-c5cc6c7c(c5)Oc5ccccc5B7c5ccccc5O6)c4ccc32)cc1. The third kappa shape index (κ3) is 3.78. The fraction of sp³-hybridized carbons (Fsp3) is 0. The Morgan fingerprint density at radius 2 is 0.857 bits per heavy atom. The molecule has 0 radical (unpaired) electrons. The van der Waals surface area contributed by atoms with Crippen LogP contribution in [-0.4, -0.2) is 15.8 Å². The van der Waals surface area contributed by atoms with Crippen LogP contribution in [0.15, 0.2) is 160 Å². The highest BCUT2D eigenvalue weighted by Gasteiger charge is 2.40. The van der Waals surface area contributed by atoms with Crippen LogP contribution >= 0.6 is 0 Å². The van der Waals surface area contributed by atoms with Crippen molar-refractivity contribution >= 4 is 67.5 Å². The molecule has 0 N–H and O–H groups in total. The Morgan fingerprint density at radius 3 is 1.43 bits per heavy atom. The molecule has 7 aromatic carbocycles. The molecule has 6 nitrogen and oxygen atoms in total. The molecule has 0 saturated heterocycles. The van der Waals surface area contributed by atoms with Crippen molar-refractivity contribution in [1.82, 2.24) is 9.13 Å². The zero-order chi connectivity index (χ0) is 32.1. The minimum absolute atomic E-state index is 0.00247. The van der Waals surface area contributed by atoms with Gasteiger partial charge in [0.15, 0.2) is 22.3 Å². The monoisotopic (exact) mass is 632 g/mol. The quantitative estimate of drug-likeness (QED) is 0.109. The highest BCUT2D eigenvalue weighted by molar-refractivity contribution is 6.98. The molecule has 0 fully saturated rings. The van der Waals surface area contributed by atoms with E-state index in [1.54, 1.807) is 0 Å². The molecule has 0 aliphatic carbocycles. The van der Waals surface area contributed by atoms with E-state index in [0.717, 1.165) is 84.0 Å². The predicted molar refractivity (Wildman–Crippen MR) is 195 cm³/mol. The Kier molecular flexibility index (Phi) is 5.38. The lowest BCUT2D eigenvalue weighted by molar-refractivity contribution is 0.464. The van der Waals surface area contributed by atoms with Crippen molar-refractivity contribution in [1.29, 1.82) is 0 Å². The standard InChI is InChI=1S/C42H25BN2O4/c1-2-12-26(13-3-1)44-30-16-6-10-20-36(30)48-41-32(44)22-23-33-42(41)49-37-21-11-7-17-31(37)45(33)27-24-38-40-39(25-27)47-35-19-9-5-15-29(35)43(40)28-14-4-8-18-34(28)46-38/h1-25H. The number of aromatic nitrogens is 2. The molecule has 0 saturated carbocycles. The molecule has 7 heteroatoms. The van der Waals surface area contributed by atoms with Gasteiger partial charge in [0.05, 0.1) is 27.8 Å². The maximum Gasteiger partial charge on any atom is 0.260 e. The van der Waals surface area contributed by atoms with Gasteiger partial charge in [0, 0.05) is 23.3 Å². The first kappa shape index (κ1) is 26.5. The Labute approximate surface area is 280 Å². The minimum Gasteiger partial charge on any atom is -0.458 e. The second-order valence-electron chi connectivity index (χ2n) is 12.5. The summed E-state index contributed by atoms with van der Waals surface area (Å²) >= 11 is 0. The van der Waals surface area contributed by atoms with Crippen molar-refractivity contribution in [2.24, 2.45) is 0 Å². The first-order valence-electron chi connectivity index (χ1n) is 16.4. The molecule has 0 bridgehead atoms. The van der Waals surface area contributed by atoms with Crippen molar-refractivity contribution in [3.8, 4) is 34.4 Å². The van der Waals surface area contributed by atoms with Gasteiger partial charge in [-0.25, -0.2) is 0 Å². The first-order chi connectivity index (χ1) is 24.3. The summed E-state index contributed by atoms with van der Waals surface area (Å²) in [7, 11) is 0. The molecule has 11 rings (SSSR count). The number of para-hydroxylation sites is 7. The molecule has 2 aromatic heterocycles. The molecule has 0 spiro atoms. The molecule has 0 unspecified atom stereocenters. The summed E-state index contributed by atoms with van der Waals surface area (Å²) in [6.45, 7) is 0.00247. The lowest BCUT2D eigenvalue weighted by Crippen LogP contribution is -2.57. The zero-order valence-electron chi connectivity index (χ0n) is 26.0. The molecule has 2 aliphatic rings. The number of hydrogen-bond donors (Lipinski definition) is 0. The molecule has 0 amide bonds. The molecular formula is C42H25BN2O4. The number of nitrogens with zero attached hydrogens (tertiary/aromatic N) is 2. The normalized spacial score (nSPS) is 12.8. The van der Waals surface area contributed by atoms with Gasteiger partial charge in [-0.2, -0.15) is 0 Å². The summed E-state index contributed by atoms with van der Waals surface area (Å²) < 4.78 is 31.3. The summed E-state index contributed by atoms with van der Waals surface area (Å²) in [5.74, 6) is 3.25. The van der Waals surface area contributed by atoms with Crippen molar-refractivity contribution in [3.63, 3.8) is 0 Å². The average molecular weight is 632 g/mol. The van der Waals surface area contributed by atoms with Gasteiger partial charge in [0.1, 0.15) is 23.0 Å². The summed E-state index contributed by atoms with van der Waals surface area (Å²) in [4.78, 5) is 0. The fourth-order valence-electron chi connectivity index (χ4n) is 7.67. The highest BCUT2D eigenvalue weighted by atomic mass is 16.5. The van der Waals surface area contributed by atoms with Crippen LogP contribution in [-0.2, 0) is 0 Å². The van der Waals surface area contributed by atoms with Crippen LogP contribution in [0, 0.1) is 0 Å². The van der Waals surface area contributed by atoms with E-state index in [4.69, 9.17) is 18.3 Å². The van der Waals surface area contributed by atoms with Gasteiger partial charge in [0.25, 0.3) is 6.71 Å². The van der Waals surface area contributed by atoms with Gasteiger partial charge >= 0.3 is 0 Å². The molecular weight excluding hydrogens is 607 g/mol. The van der Waals surface area contributed by atoms with E-state index in [0.29, 0.717) is 11.2 Å². The maximum atomic E-state index is 6.76. The Balaban J connectivity index is 1.23. The van der Waals surface area contributed by atoms with E-state index in [1.807, 2.05) is 78.9 Å². The summed E-state index contributed by atoms with van der Waals surface area (Å²) in [5, 5.41) is 0. The number of rotatable bonds is 2. The van der Waals surface area contributed by atoms with Crippen molar-refractivity contribution in [3.05, 3.63) is 152 Å². The van der Waals surface area contributed by atoms with E-state index in [2.05, 4.69) is 81.9 Å². The third-order valence-electron chi connectivity index (χ3n) is 9.74. The van der Waals surface area contributed by atoms with E-state index >= 15 is 0 Å².